The van der Waals surface area contributed by atoms with Crippen LogP contribution in [0.25, 0.3) is 15.4 Å². The number of anilines is 1. The van der Waals surface area contributed by atoms with Crippen LogP contribution in [0.3, 0.4) is 0 Å². The summed E-state index contributed by atoms with van der Waals surface area (Å²) in [4.78, 5) is 30.9. The molecule has 1 amide bonds. The fourth-order valence-corrected chi connectivity index (χ4v) is 4.44. The van der Waals surface area contributed by atoms with E-state index in [0.717, 1.165) is 10.4 Å². The highest BCUT2D eigenvalue weighted by Gasteiger charge is 2.19. The lowest BCUT2D eigenvalue weighted by molar-refractivity contribution is 0.0520. The SMILES string of the molecule is CCOC(=O)c1cn2cc(-c3ccccc3NC(=O)c3cc(OC)c(OC)c(OC)c3)sc2n1. The molecule has 0 fully saturated rings. The van der Waals surface area contributed by atoms with Gasteiger partial charge in [0.05, 0.1) is 32.8 Å². The molecule has 34 heavy (non-hydrogen) atoms. The number of thiazole rings is 1. The Balaban J connectivity index is 1.64. The normalized spacial score (nSPS) is 10.7. The molecule has 0 saturated heterocycles. The number of amides is 1. The van der Waals surface area contributed by atoms with Gasteiger partial charge in [-0.2, -0.15) is 0 Å². The van der Waals surface area contributed by atoms with Crippen LogP contribution >= 0.6 is 11.3 Å². The maximum absolute atomic E-state index is 13.1. The molecule has 4 aromatic rings. The van der Waals surface area contributed by atoms with E-state index in [1.807, 2.05) is 30.5 Å². The van der Waals surface area contributed by atoms with E-state index in [2.05, 4.69) is 10.3 Å². The third-order valence-corrected chi connectivity index (χ3v) is 6.04. The van der Waals surface area contributed by atoms with Gasteiger partial charge in [0.1, 0.15) is 0 Å². The first-order chi connectivity index (χ1) is 16.5. The molecule has 0 aliphatic heterocycles. The number of nitrogens with one attached hydrogen (secondary N) is 1. The van der Waals surface area contributed by atoms with Gasteiger partial charge in [-0.3, -0.25) is 9.20 Å². The van der Waals surface area contributed by atoms with E-state index < -0.39 is 5.97 Å². The van der Waals surface area contributed by atoms with Crippen molar-refractivity contribution >= 4 is 33.9 Å². The van der Waals surface area contributed by atoms with Gasteiger partial charge in [-0.05, 0) is 25.1 Å². The van der Waals surface area contributed by atoms with Crippen molar-refractivity contribution in [2.75, 3.05) is 33.3 Å². The molecule has 1 N–H and O–H groups in total. The molecule has 10 heteroatoms. The van der Waals surface area contributed by atoms with Crippen LogP contribution in [0.1, 0.15) is 27.8 Å². The number of carbonyl (C=O) groups excluding carboxylic acids is 2. The summed E-state index contributed by atoms with van der Waals surface area (Å²) in [6.07, 6.45) is 3.49. The smallest absolute Gasteiger partial charge is 0.358 e. The molecule has 176 valence electrons. The van der Waals surface area contributed by atoms with Gasteiger partial charge in [0.15, 0.2) is 22.2 Å². The second kappa shape index (κ2) is 9.84. The van der Waals surface area contributed by atoms with Crippen molar-refractivity contribution in [2.24, 2.45) is 0 Å². The van der Waals surface area contributed by atoms with Gasteiger partial charge in [-0.15, -0.1) is 0 Å². The van der Waals surface area contributed by atoms with Gasteiger partial charge in [0, 0.05) is 29.2 Å². The number of hydrogen-bond acceptors (Lipinski definition) is 8. The number of aromatic nitrogens is 2. The predicted octanol–water partition coefficient (Wildman–Crippen LogP) is 4.52. The number of ether oxygens (including phenoxy) is 4. The van der Waals surface area contributed by atoms with Crippen molar-refractivity contribution in [1.82, 2.24) is 9.38 Å². The zero-order valence-electron chi connectivity index (χ0n) is 19.1. The number of imidazole rings is 1. The number of methoxy groups -OCH3 is 3. The van der Waals surface area contributed by atoms with Gasteiger partial charge in [-0.25, -0.2) is 9.78 Å². The molecular formula is C24H23N3O6S. The van der Waals surface area contributed by atoms with Crippen molar-refractivity contribution in [3.05, 3.63) is 60.0 Å². The standard InChI is InChI=1S/C24H23N3O6S/c1-5-33-23(29)17-12-27-13-20(34-24(27)26-17)15-8-6-7-9-16(15)25-22(28)14-10-18(30-2)21(32-4)19(11-14)31-3/h6-13H,5H2,1-4H3,(H,25,28). The van der Waals surface area contributed by atoms with E-state index in [-0.39, 0.29) is 18.2 Å². The topological polar surface area (TPSA) is 100 Å². The summed E-state index contributed by atoms with van der Waals surface area (Å²) in [5.74, 6) is 0.385. The Labute approximate surface area is 199 Å². The van der Waals surface area contributed by atoms with E-state index in [0.29, 0.717) is 33.5 Å². The number of hydrogen-bond donors (Lipinski definition) is 1. The number of fused-ring (bicyclic) bond motifs is 1. The third kappa shape index (κ3) is 4.40. The van der Waals surface area contributed by atoms with E-state index >= 15 is 0 Å². The Morgan fingerprint density at radius 3 is 2.35 bits per heavy atom. The average molecular weight is 482 g/mol. The molecule has 0 unspecified atom stereocenters. The Morgan fingerprint density at radius 2 is 1.74 bits per heavy atom. The average Bonchev–Trinajstić information content (AvgIpc) is 3.43. The summed E-state index contributed by atoms with van der Waals surface area (Å²) in [5, 5.41) is 2.96. The Hall–Kier alpha value is -4.05. The minimum absolute atomic E-state index is 0.253. The monoisotopic (exact) mass is 481 g/mol. The highest BCUT2D eigenvalue weighted by atomic mass is 32.1. The van der Waals surface area contributed by atoms with Gasteiger partial charge >= 0.3 is 5.97 Å². The molecule has 0 radical (unpaired) electrons. The Morgan fingerprint density at radius 1 is 1.03 bits per heavy atom. The van der Waals surface area contributed by atoms with E-state index in [1.54, 1.807) is 29.7 Å². The van der Waals surface area contributed by atoms with Crippen LogP contribution in [0.2, 0.25) is 0 Å². The second-order valence-electron chi connectivity index (χ2n) is 7.05. The largest absolute Gasteiger partial charge is 0.493 e. The zero-order valence-corrected chi connectivity index (χ0v) is 19.9. The van der Waals surface area contributed by atoms with E-state index in [9.17, 15) is 9.59 Å². The van der Waals surface area contributed by atoms with Crippen molar-refractivity contribution < 1.29 is 28.5 Å². The Kier molecular flexibility index (Phi) is 6.69. The van der Waals surface area contributed by atoms with Crippen molar-refractivity contribution in [3.8, 4) is 27.7 Å². The number of esters is 1. The van der Waals surface area contributed by atoms with Gasteiger partial charge in [0.2, 0.25) is 5.75 Å². The maximum Gasteiger partial charge on any atom is 0.358 e. The summed E-state index contributed by atoms with van der Waals surface area (Å²) < 4.78 is 22.8. The summed E-state index contributed by atoms with van der Waals surface area (Å²) in [6, 6.07) is 10.6. The number of rotatable bonds is 8. The van der Waals surface area contributed by atoms with Crippen LogP contribution < -0.4 is 19.5 Å². The minimum atomic E-state index is -0.460. The molecule has 0 aliphatic rings. The van der Waals surface area contributed by atoms with Crippen LogP contribution in [0.4, 0.5) is 5.69 Å². The van der Waals surface area contributed by atoms with Crippen LogP contribution in [-0.2, 0) is 4.74 Å². The zero-order chi connectivity index (χ0) is 24.2. The fourth-order valence-electron chi connectivity index (χ4n) is 3.44. The first-order valence-corrected chi connectivity index (χ1v) is 11.2. The molecule has 0 bridgehead atoms. The van der Waals surface area contributed by atoms with Crippen LogP contribution in [0.5, 0.6) is 17.2 Å². The van der Waals surface area contributed by atoms with Crippen molar-refractivity contribution in [3.63, 3.8) is 0 Å². The molecule has 4 rings (SSSR count). The lowest BCUT2D eigenvalue weighted by Gasteiger charge is -2.15. The number of nitrogens with zero attached hydrogens (tertiary/aromatic N) is 2. The first-order valence-electron chi connectivity index (χ1n) is 10.4. The van der Waals surface area contributed by atoms with Gasteiger partial charge in [0.25, 0.3) is 5.91 Å². The van der Waals surface area contributed by atoms with Crippen molar-refractivity contribution in [1.29, 1.82) is 0 Å². The summed E-state index contributed by atoms with van der Waals surface area (Å²) >= 11 is 1.40. The van der Waals surface area contributed by atoms with Crippen LogP contribution in [0, 0.1) is 0 Å². The first kappa shape index (κ1) is 23.1. The molecule has 0 saturated carbocycles. The number of benzene rings is 2. The lowest BCUT2D eigenvalue weighted by atomic mass is 10.1. The third-order valence-electron chi connectivity index (χ3n) is 5.01. The second-order valence-corrected chi connectivity index (χ2v) is 8.05. The van der Waals surface area contributed by atoms with Crippen LogP contribution in [0.15, 0.2) is 48.8 Å². The summed E-state index contributed by atoms with van der Waals surface area (Å²) in [6.45, 7) is 2.03. The predicted molar refractivity (Wildman–Crippen MR) is 129 cm³/mol. The molecule has 9 nitrogen and oxygen atoms in total. The van der Waals surface area contributed by atoms with E-state index in [4.69, 9.17) is 18.9 Å². The lowest BCUT2D eigenvalue weighted by Crippen LogP contribution is -2.13. The Bertz CT molecular complexity index is 1300. The van der Waals surface area contributed by atoms with E-state index in [1.165, 1.54) is 32.7 Å². The van der Waals surface area contributed by atoms with Crippen LogP contribution in [-0.4, -0.2) is 49.2 Å². The molecule has 0 spiro atoms. The summed E-state index contributed by atoms with van der Waals surface area (Å²) in [7, 11) is 4.49. The number of para-hydroxylation sites is 1. The van der Waals surface area contributed by atoms with Gasteiger partial charge in [-0.1, -0.05) is 29.5 Å². The fraction of sp³-hybridized carbons (Fsp3) is 0.208. The van der Waals surface area contributed by atoms with Gasteiger partial charge < -0.3 is 24.3 Å². The minimum Gasteiger partial charge on any atom is -0.493 e. The molecule has 0 aliphatic carbocycles. The molecule has 2 aromatic heterocycles. The maximum atomic E-state index is 13.1. The van der Waals surface area contributed by atoms with Crippen molar-refractivity contribution in [2.45, 2.75) is 6.92 Å². The number of carbonyl (C=O) groups is 2. The quantitative estimate of drug-likeness (QED) is 0.369. The molecule has 2 aromatic carbocycles. The highest BCUT2D eigenvalue weighted by molar-refractivity contribution is 7.20. The highest BCUT2D eigenvalue weighted by Crippen LogP contribution is 2.39. The molecule has 2 heterocycles. The molecule has 0 atom stereocenters. The molecular weight excluding hydrogens is 458 g/mol. The summed E-state index contributed by atoms with van der Waals surface area (Å²) in [5.41, 5.74) is 2.04.